The number of fused-ring (bicyclic) bond motifs is 9. The molecule has 0 aliphatic carbocycles. The lowest BCUT2D eigenvalue weighted by Crippen LogP contribution is -2.47. The van der Waals surface area contributed by atoms with Gasteiger partial charge in [0, 0.05) is 24.3 Å². The van der Waals surface area contributed by atoms with E-state index in [2.05, 4.69) is 146 Å². The van der Waals surface area contributed by atoms with Crippen LogP contribution >= 0.6 is 0 Å². The van der Waals surface area contributed by atoms with E-state index in [4.69, 9.17) is 0 Å². The molecule has 6 aromatic rings. The molecule has 0 fully saturated rings. The summed E-state index contributed by atoms with van der Waals surface area (Å²) in [6.07, 6.45) is 6.31. The zero-order chi connectivity index (χ0) is 27.9. The molecule has 0 N–H and O–H groups in total. The molecule has 2 aliphatic heterocycles. The normalized spacial score (nSPS) is 15.8. The zero-order valence-corrected chi connectivity index (χ0v) is 24.2. The van der Waals surface area contributed by atoms with Crippen LogP contribution in [0, 0.1) is 6.92 Å². The van der Waals surface area contributed by atoms with Crippen molar-refractivity contribution in [3.63, 3.8) is 0 Å². The first kappa shape index (κ1) is 24.3. The highest BCUT2D eigenvalue weighted by Crippen LogP contribution is 2.39. The molecule has 0 atom stereocenters. The number of nitrogens with zero attached hydrogens (tertiary/aromatic N) is 2. The molecular formula is C39H34N2+2. The van der Waals surface area contributed by atoms with E-state index < -0.39 is 0 Å². The molecule has 198 valence electrons. The van der Waals surface area contributed by atoms with Crippen molar-refractivity contribution in [3.05, 3.63) is 132 Å². The van der Waals surface area contributed by atoms with E-state index >= 15 is 0 Å². The lowest BCUT2D eigenvalue weighted by molar-refractivity contribution is -0.602. The van der Waals surface area contributed by atoms with Gasteiger partial charge in [0.25, 0.3) is 11.4 Å². The van der Waals surface area contributed by atoms with E-state index in [-0.39, 0.29) is 5.41 Å². The fourth-order valence-electron chi connectivity index (χ4n) is 6.89. The fourth-order valence-corrected chi connectivity index (χ4v) is 6.89. The van der Waals surface area contributed by atoms with Crippen molar-refractivity contribution in [2.24, 2.45) is 0 Å². The van der Waals surface area contributed by atoms with Crippen LogP contribution in [0.25, 0.3) is 55.5 Å². The molecule has 0 radical (unpaired) electrons. The summed E-state index contributed by atoms with van der Waals surface area (Å²) in [5.74, 6) is 0. The van der Waals surface area contributed by atoms with Gasteiger partial charge in [-0.2, -0.15) is 9.13 Å². The Bertz CT molecular complexity index is 2090. The van der Waals surface area contributed by atoms with Crippen molar-refractivity contribution >= 4 is 32.9 Å². The minimum Gasteiger partial charge on any atom is -0.158 e. The van der Waals surface area contributed by atoms with E-state index in [0.29, 0.717) is 0 Å². The quantitative estimate of drug-likeness (QED) is 0.137. The van der Waals surface area contributed by atoms with Crippen LogP contribution < -0.4 is 9.13 Å². The molecule has 2 aliphatic rings. The maximum Gasteiger partial charge on any atom is 0.259 e. The van der Waals surface area contributed by atoms with Gasteiger partial charge in [0.1, 0.15) is 0 Å². The highest BCUT2D eigenvalue weighted by Gasteiger charge is 2.38. The maximum atomic E-state index is 2.48. The monoisotopic (exact) mass is 530 g/mol. The van der Waals surface area contributed by atoms with Gasteiger partial charge < -0.3 is 0 Å². The Hall–Kier alpha value is -4.56. The van der Waals surface area contributed by atoms with Gasteiger partial charge in [0.05, 0.1) is 24.0 Å². The number of benzene rings is 4. The van der Waals surface area contributed by atoms with Gasteiger partial charge in [-0.15, -0.1) is 0 Å². The van der Waals surface area contributed by atoms with Crippen LogP contribution in [0.15, 0.2) is 109 Å². The third kappa shape index (κ3) is 3.78. The van der Waals surface area contributed by atoms with Gasteiger partial charge in [0.15, 0.2) is 12.4 Å². The molecule has 41 heavy (non-hydrogen) atoms. The predicted octanol–water partition coefficient (Wildman–Crippen LogP) is 8.45. The minimum atomic E-state index is 0.130. The van der Waals surface area contributed by atoms with Crippen LogP contribution in [0.3, 0.4) is 0 Å². The first-order valence-corrected chi connectivity index (χ1v) is 14.7. The fraction of sp³-hybridized carbons (Fsp3) is 0.179. The molecule has 0 saturated carbocycles. The number of hydrogen-bond donors (Lipinski definition) is 0. The summed E-state index contributed by atoms with van der Waals surface area (Å²) in [6, 6.07) is 36.6. The molecule has 2 heteroatoms. The highest BCUT2D eigenvalue weighted by atomic mass is 15.1. The molecule has 4 aromatic carbocycles. The van der Waals surface area contributed by atoms with Gasteiger partial charge in [-0.05, 0) is 80.4 Å². The van der Waals surface area contributed by atoms with Crippen LogP contribution in [0.2, 0.25) is 0 Å². The lowest BCUT2D eigenvalue weighted by atomic mass is 9.84. The van der Waals surface area contributed by atoms with Crippen LogP contribution in [-0.2, 0) is 18.3 Å². The number of hydrogen-bond acceptors (Lipinski definition) is 0. The van der Waals surface area contributed by atoms with E-state index in [0.717, 1.165) is 12.8 Å². The molecule has 0 saturated heterocycles. The van der Waals surface area contributed by atoms with Crippen molar-refractivity contribution < 1.29 is 9.13 Å². The Morgan fingerprint density at radius 1 is 0.561 bits per heavy atom. The zero-order valence-electron chi connectivity index (χ0n) is 24.2. The average Bonchev–Trinajstić information content (AvgIpc) is 2.98. The second-order valence-corrected chi connectivity index (χ2v) is 12.8. The number of allylic oxidation sites excluding steroid dienone is 2. The molecule has 8 rings (SSSR count). The lowest BCUT2D eigenvalue weighted by Gasteiger charge is -2.22. The summed E-state index contributed by atoms with van der Waals surface area (Å²) in [7, 11) is 0. The van der Waals surface area contributed by atoms with Crippen molar-refractivity contribution in [3.8, 4) is 22.5 Å². The van der Waals surface area contributed by atoms with Crippen molar-refractivity contribution in [2.75, 3.05) is 0 Å². The van der Waals surface area contributed by atoms with E-state index in [1.807, 2.05) is 0 Å². The summed E-state index contributed by atoms with van der Waals surface area (Å²) in [5.41, 5.74) is 13.5. The van der Waals surface area contributed by atoms with Gasteiger partial charge in [0.2, 0.25) is 11.4 Å². The van der Waals surface area contributed by atoms with E-state index in [1.165, 1.54) is 77.7 Å². The third-order valence-electron chi connectivity index (χ3n) is 9.10. The second kappa shape index (κ2) is 8.72. The summed E-state index contributed by atoms with van der Waals surface area (Å²) >= 11 is 0. The first-order chi connectivity index (χ1) is 19.8. The van der Waals surface area contributed by atoms with Crippen LogP contribution in [0.5, 0.6) is 0 Å². The number of aromatic nitrogens is 2. The highest BCUT2D eigenvalue weighted by molar-refractivity contribution is 6.09. The molecular weight excluding hydrogens is 496 g/mol. The molecule has 2 nitrogen and oxygen atoms in total. The maximum absolute atomic E-state index is 2.48. The molecule has 2 aromatic heterocycles. The topological polar surface area (TPSA) is 7.76 Å². The predicted molar refractivity (Wildman–Crippen MR) is 169 cm³/mol. The van der Waals surface area contributed by atoms with Gasteiger partial charge in [-0.1, -0.05) is 69.3 Å². The van der Waals surface area contributed by atoms with Crippen molar-refractivity contribution in [2.45, 2.75) is 46.0 Å². The Morgan fingerprint density at radius 3 is 2.12 bits per heavy atom. The molecule has 0 bridgehead atoms. The van der Waals surface area contributed by atoms with Crippen LogP contribution in [0.1, 0.15) is 43.0 Å². The van der Waals surface area contributed by atoms with Crippen LogP contribution in [-0.4, -0.2) is 0 Å². The summed E-state index contributed by atoms with van der Waals surface area (Å²) in [6.45, 7) is 9.07. The Balaban J connectivity index is 1.39. The van der Waals surface area contributed by atoms with Gasteiger partial charge in [-0.3, -0.25) is 0 Å². The number of aryl methyl sites for hydroxylation is 1. The molecule has 0 amide bonds. The standard InChI is InChI=1S/C39H34N2/c1-25-16-18-41-36(19-25)34-21-28-13-12-27-20-30(39(2,3)4)14-15-31(27)33(28)22-29(34)24-38(41)37-23-26-9-5-6-10-32(26)35-11-7-8-17-40(35)37/h5-22H,23-24H2,1-4H3/q+2/b38-37+. The number of rotatable bonds is 0. The Labute approximate surface area is 241 Å². The van der Waals surface area contributed by atoms with E-state index in [1.54, 1.807) is 0 Å². The average molecular weight is 531 g/mol. The molecule has 0 unspecified atom stereocenters. The number of pyridine rings is 2. The largest absolute Gasteiger partial charge is 0.259 e. The van der Waals surface area contributed by atoms with Crippen molar-refractivity contribution in [1.29, 1.82) is 0 Å². The Morgan fingerprint density at radius 2 is 1.29 bits per heavy atom. The molecule has 0 spiro atoms. The van der Waals surface area contributed by atoms with Crippen molar-refractivity contribution in [1.82, 2.24) is 0 Å². The minimum absolute atomic E-state index is 0.130. The van der Waals surface area contributed by atoms with Gasteiger partial charge in [-0.25, -0.2) is 0 Å². The first-order valence-electron chi connectivity index (χ1n) is 14.7. The second-order valence-electron chi connectivity index (χ2n) is 12.8. The SMILES string of the molecule is Cc1cc[n+]2c(c1)-c1cc3ccc4cc(C(C)(C)C)ccc4c3cc1C/C2=C1/Cc2ccccc2-c2cccc[n+]21. The van der Waals surface area contributed by atoms with Crippen LogP contribution in [0.4, 0.5) is 0 Å². The summed E-state index contributed by atoms with van der Waals surface area (Å²) in [5, 5.41) is 5.30. The smallest absolute Gasteiger partial charge is 0.158 e. The third-order valence-corrected chi connectivity index (χ3v) is 9.10. The summed E-state index contributed by atoms with van der Waals surface area (Å²) in [4.78, 5) is 0. The Kier molecular flexibility index (Phi) is 5.16. The molecule has 4 heterocycles. The summed E-state index contributed by atoms with van der Waals surface area (Å²) < 4.78 is 4.87. The van der Waals surface area contributed by atoms with E-state index in [9.17, 15) is 0 Å². The van der Waals surface area contributed by atoms with Gasteiger partial charge >= 0.3 is 0 Å².